The number of carbonyl (C=O) groups excluding carboxylic acids is 1. The highest BCUT2D eigenvalue weighted by Gasteiger charge is 2.33. The number of rotatable bonds is 9. The summed E-state index contributed by atoms with van der Waals surface area (Å²) >= 11 is 0. The van der Waals surface area contributed by atoms with E-state index in [1.54, 1.807) is 0 Å². The van der Waals surface area contributed by atoms with Crippen LogP contribution in [0, 0.1) is 5.92 Å². The van der Waals surface area contributed by atoms with Crippen molar-refractivity contribution in [3.8, 4) is 0 Å². The summed E-state index contributed by atoms with van der Waals surface area (Å²) in [7, 11) is 0. The number of aliphatic imine (C=N–C) groups is 1. The Morgan fingerprint density at radius 1 is 1.23 bits per heavy atom. The van der Waals surface area contributed by atoms with E-state index < -0.39 is 0 Å². The molecule has 2 atom stereocenters. The van der Waals surface area contributed by atoms with Gasteiger partial charge in [-0.3, -0.25) is 9.89 Å². The van der Waals surface area contributed by atoms with E-state index in [4.69, 9.17) is 9.73 Å². The second kappa shape index (κ2) is 10.6. The van der Waals surface area contributed by atoms with Gasteiger partial charge < -0.3 is 20.3 Å². The third-order valence-corrected chi connectivity index (χ3v) is 5.33. The number of hydrogen-bond donors (Lipinski definition) is 2. The molecule has 2 aliphatic rings. The molecule has 1 saturated carbocycles. The van der Waals surface area contributed by atoms with Crippen LogP contribution in [0.15, 0.2) is 4.99 Å². The molecule has 1 saturated heterocycles. The van der Waals surface area contributed by atoms with Crippen LogP contribution in [0.5, 0.6) is 0 Å². The molecule has 7 nitrogen and oxygen atoms in total. The lowest BCUT2D eigenvalue weighted by Crippen LogP contribution is -2.44. The number of alkyl carbamates (subject to hydrolysis) is 1. The van der Waals surface area contributed by atoms with E-state index in [9.17, 15) is 4.79 Å². The molecule has 1 amide bonds. The van der Waals surface area contributed by atoms with Gasteiger partial charge in [-0.1, -0.05) is 13.8 Å². The van der Waals surface area contributed by atoms with Gasteiger partial charge in [0.05, 0.1) is 19.2 Å². The second-order valence-electron chi connectivity index (χ2n) is 7.11. The average molecular weight is 368 g/mol. The monoisotopic (exact) mass is 367 g/mol. The highest BCUT2D eigenvalue weighted by molar-refractivity contribution is 5.80. The molecular weight excluding hydrogens is 330 g/mol. The fraction of sp³-hybridized carbons (Fsp3) is 0.895. The standard InChI is InChI=1S/C19H37N5O2/c1-5-20-18(24-12-11-16(14-24)23(6-2)7-3)21-13-17(15-9-10-15)22-19(25)26-8-4/h15-17H,5-14H2,1-4H3,(H,20,21)(H,22,25). The van der Waals surface area contributed by atoms with Gasteiger partial charge in [-0.2, -0.15) is 0 Å². The van der Waals surface area contributed by atoms with Crippen LogP contribution in [-0.4, -0.2) is 79.8 Å². The number of ether oxygens (including phenoxy) is 1. The lowest BCUT2D eigenvalue weighted by atomic mass is 10.2. The van der Waals surface area contributed by atoms with Gasteiger partial charge in [0.2, 0.25) is 0 Å². The van der Waals surface area contributed by atoms with Crippen LogP contribution < -0.4 is 10.6 Å². The molecule has 150 valence electrons. The van der Waals surface area contributed by atoms with E-state index in [0.29, 0.717) is 25.1 Å². The first-order chi connectivity index (χ1) is 12.6. The van der Waals surface area contributed by atoms with Gasteiger partial charge in [0.15, 0.2) is 5.96 Å². The van der Waals surface area contributed by atoms with Crippen molar-refractivity contribution < 1.29 is 9.53 Å². The van der Waals surface area contributed by atoms with Crippen LogP contribution in [0.2, 0.25) is 0 Å². The van der Waals surface area contributed by atoms with E-state index in [1.807, 2.05) is 6.92 Å². The van der Waals surface area contributed by atoms with Crippen LogP contribution >= 0.6 is 0 Å². The number of likely N-dealkylation sites (tertiary alicyclic amines) is 1. The first-order valence-electron chi connectivity index (χ1n) is 10.3. The van der Waals surface area contributed by atoms with Gasteiger partial charge >= 0.3 is 6.09 Å². The molecule has 1 aliphatic heterocycles. The zero-order valence-corrected chi connectivity index (χ0v) is 17.0. The minimum Gasteiger partial charge on any atom is -0.450 e. The average Bonchev–Trinajstić information content (AvgIpc) is 3.37. The van der Waals surface area contributed by atoms with Crippen LogP contribution in [0.4, 0.5) is 4.79 Å². The summed E-state index contributed by atoms with van der Waals surface area (Å²) in [5.41, 5.74) is 0. The summed E-state index contributed by atoms with van der Waals surface area (Å²) < 4.78 is 5.04. The molecule has 0 aromatic heterocycles. The Morgan fingerprint density at radius 2 is 1.96 bits per heavy atom. The quantitative estimate of drug-likeness (QED) is 0.481. The molecule has 1 heterocycles. The third-order valence-electron chi connectivity index (χ3n) is 5.33. The van der Waals surface area contributed by atoms with E-state index in [1.165, 1.54) is 6.42 Å². The van der Waals surface area contributed by atoms with E-state index in [0.717, 1.165) is 51.5 Å². The molecule has 0 radical (unpaired) electrons. The number of guanidine groups is 1. The summed E-state index contributed by atoms with van der Waals surface area (Å²) in [6, 6.07) is 0.676. The van der Waals surface area contributed by atoms with Gasteiger partial charge in [-0.25, -0.2) is 4.79 Å². The van der Waals surface area contributed by atoms with Crippen molar-refractivity contribution in [2.24, 2.45) is 10.9 Å². The maximum atomic E-state index is 11.8. The molecule has 2 rings (SSSR count). The molecule has 2 unspecified atom stereocenters. The van der Waals surface area contributed by atoms with Crippen molar-refractivity contribution >= 4 is 12.1 Å². The molecule has 0 aromatic rings. The second-order valence-corrected chi connectivity index (χ2v) is 7.11. The van der Waals surface area contributed by atoms with Crippen molar-refractivity contribution in [3.05, 3.63) is 0 Å². The Balaban J connectivity index is 1.95. The van der Waals surface area contributed by atoms with Crippen molar-refractivity contribution in [3.63, 3.8) is 0 Å². The molecule has 0 spiro atoms. The van der Waals surface area contributed by atoms with Gasteiger partial charge in [-0.15, -0.1) is 0 Å². The van der Waals surface area contributed by atoms with E-state index in [2.05, 4.69) is 41.2 Å². The fourth-order valence-corrected chi connectivity index (χ4v) is 3.72. The highest BCUT2D eigenvalue weighted by Crippen LogP contribution is 2.32. The molecule has 2 N–H and O–H groups in total. The summed E-state index contributed by atoms with van der Waals surface area (Å²) in [4.78, 5) is 21.5. The summed E-state index contributed by atoms with van der Waals surface area (Å²) in [5, 5.41) is 6.42. The van der Waals surface area contributed by atoms with Gasteiger partial charge in [0.25, 0.3) is 0 Å². The number of nitrogens with one attached hydrogen (secondary N) is 2. The maximum Gasteiger partial charge on any atom is 0.407 e. The Morgan fingerprint density at radius 3 is 2.54 bits per heavy atom. The van der Waals surface area contributed by atoms with Crippen molar-refractivity contribution in [2.45, 2.75) is 59.0 Å². The van der Waals surface area contributed by atoms with Gasteiger partial charge in [0, 0.05) is 25.7 Å². The van der Waals surface area contributed by atoms with Crippen LogP contribution in [0.1, 0.15) is 47.0 Å². The Kier molecular flexibility index (Phi) is 8.48. The van der Waals surface area contributed by atoms with Crippen LogP contribution in [0.3, 0.4) is 0 Å². The largest absolute Gasteiger partial charge is 0.450 e. The van der Waals surface area contributed by atoms with Gasteiger partial charge in [0.1, 0.15) is 0 Å². The zero-order valence-electron chi connectivity index (χ0n) is 17.0. The van der Waals surface area contributed by atoms with Crippen LogP contribution in [0.25, 0.3) is 0 Å². The highest BCUT2D eigenvalue weighted by atomic mass is 16.5. The number of likely N-dealkylation sites (N-methyl/N-ethyl adjacent to an activating group) is 1. The van der Waals surface area contributed by atoms with Crippen LogP contribution in [-0.2, 0) is 4.74 Å². The number of carbonyl (C=O) groups is 1. The molecule has 1 aliphatic carbocycles. The normalized spacial score (nSPS) is 21.8. The van der Waals surface area contributed by atoms with E-state index in [-0.39, 0.29) is 12.1 Å². The van der Waals surface area contributed by atoms with E-state index >= 15 is 0 Å². The lowest BCUT2D eigenvalue weighted by Gasteiger charge is -2.27. The number of hydrogen-bond acceptors (Lipinski definition) is 4. The Labute approximate surface area is 158 Å². The molecule has 7 heteroatoms. The molecule has 0 bridgehead atoms. The smallest absolute Gasteiger partial charge is 0.407 e. The Bertz CT molecular complexity index is 463. The molecule has 2 fully saturated rings. The molecular formula is C19H37N5O2. The first-order valence-corrected chi connectivity index (χ1v) is 10.3. The number of nitrogens with zero attached hydrogens (tertiary/aromatic N) is 3. The van der Waals surface area contributed by atoms with Crippen molar-refractivity contribution in [1.82, 2.24) is 20.4 Å². The zero-order chi connectivity index (χ0) is 18.9. The van der Waals surface area contributed by atoms with Crippen molar-refractivity contribution in [2.75, 3.05) is 45.9 Å². The summed E-state index contributed by atoms with van der Waals surface area (Å²) in [6.45, 7) is 14.5. The summed E-state index contributed by atoms with van der Waals surface area (Å²) in [5.74, 6) is 1.51. The minimum absolute atomic E-state index is 0.0730. The minimum atomic E-state index is -0.327. The lowest BCUT2D eigenvalue weighted by molar-refractivity contribution is 0.147. The molecule has 26 heavy (non-hydrogen) atoms. The van der Waals surface area contributed by atoms with Crippen molar-refractivity contribution in [1.29, 1.82) is 0 Å². The predicted molar refractivity (Wildman–Crippen MR) is 106 cm³/mol. The number of amides is 1. The fourth-order valence-electron chi connectivity index (χ4n) is 3.72. The van der Waals surface area contributed by atoms with Gasteiger partial charge in [-0.05, 0) is 52.1 Å². The molecule has 0 aromatic carbocycles. The predicted octanol–water partition coefficient (Wildman–Crippen LogP) is 1.89. The topological polar surface area (TPSA) is 69.2 Å². The Hall–Kier alpha value is -1.50. The summed E-state index contributed by atoms with van der Waals surface area (Å²) in [6.07, 6.45) is 3.18. The maximum absolute atomic E-state index is 11.8. The third kappa shape index (κ3) is 6.04. The SMILES string of the molecule is CCNC(=NCC(NC(=O)OCC)C1CC1)N1CCC(N(CC)CC)C1. The first kappa shape index (κ1) is 20.8.